The fourth-order valence-corrected chi connectivity index (χ4v) is 3.18. The fraction of sp³-hybridized carbons (Fsp3) is 0.846. The van der Waals surface area contributed by atoms with Gasteiger partial charge in [-0.1, -0.05) is 0 Å². The molecule has 1 fully saturated rings. The molecule has 1 rings (SSSR count). The number of amides is 1. The SMILES string of the molecule is CC(C)OCCCC(=O)NC1(C(=O)O)CCSCC1. The van der Waals surface area contributed by atoms with Gasteiger partial charge in [-0.3, -0.25) is 4.79 Å². The van der Waals surface area contributed by atoms with Crippen LogP contribution in [0.25, 0.3) is 0 Å². The second-order valence-electron chi connectivity index (χ2n) is 5.07. The Balaban J connectivity index is 2.37. The first kappa shape index (κ1) is 16.3. The Kier molecular flexibility index (Phi) is 6.65. The minimum absolute atomic E-state index is 0.156. The van der Waals surface area contributed by atoms with Crippen LogP contribution in [0.5, 0.6) is 0 Å². The quantitative estimate of drug-likeness (QED) is 0.697. The zero-order valence-corrected chi connectivity index (χ0v) is 12.4. The number of thioether (sulfide) groups is 1. The van der Waals surface area contributed by atoms with Crippen molar-refractivity contribution in [1.82, 2.24) is 5.32 Å². The standard InChI is InChI=1S/C13H23NO4S/c1-10(2)18-7-3-4-11(15)14-13(12(16)17)5-8-19-9-6-13/h10H,3-9H2,1-2H3,(H,14,15)(H,16,17). The van der Waals surface area contributed by atoms with Gasteiger partial charge in [0.2, 0.25) is 5.91 Å². The lowest BCUT2D eigenvalue weighted by Crippen LogP contribution is -2.56. The highest BCUT2D eigenvalue weighted by atomic mass is 32.2. The third-order valence-corrected chi connectivity index (χ3v) is 4.12. The molecule has 0 aromatic carbocycles. The van der Waals surface area contributed by atoms with E-state index in [-0.39, 0.29) is 12.0 Å². The lowest BCUT2D eigenvalue weighted by Gasteiger charge is -2.33. The molecule has 0 atom stereocenters. The van der Waals surface area contributed by atoms with Gasteiger partial charge in [-0.05, 0) is 44.6 Å². The Morgan fingerprint density at radius 2 is 2.00 bits per heavy atom. The van der Waals surface area contributed by atoms with Gasteiger partial charge < -0.3 is 15.2 Å². The van der Waals surface area contributed by atoms with Crippen molar-refractivity contribution in [2.24, 2.45) is 0 Å². The molecule has 0 radical (unpaired) electrons. The van der Waals surface area contributed by atoms with E-state index in [9.17, 15) is 14.7 Å². The zero-order chi connectivity index (χ0) is 14.3. The third-order valence-electron chi connectivity index (χ3n) is 3.13. The number of hydrogen-bond donors (Lipinski definition) is 2. The summed E-state index contributed by atoms with van der Waals surface area (Å²) in [4.78, 5) is 23.2. The normalized spacial score (nSPS) is 18.3. The zero-order valence-electron chi connectivity index (χ0n) is 11.6. The van der Waals surface area contributed by atoms with Crippen molar-refractivity contribution in [1.29, 1.82) is 0 Å². The number of rotatable bonds is 7. The summed E-state index contributed by atoms with van der Waals surface area (Å²) in [5.74, 6) is 0.452. The van der Waals surface area contributed by atoms with Gasteiger partial charge >= 0.3 is 5.97 Å². The lowest BCUT2D eigenvalue weighted by molar-refractivity contribution is -0.148. The summed E-state index contributed by atoms with van der Waals surface area (Å²) < 4.78 is 5.36. The number of nitrogens with one attached hydrogen (secondary N) is 1. The Morgan fingerprint density at radius 1 is 1.37 bits per heavy atom. The van der Waals surface area contributed by atoms with Crippen LogP contribution in [-0.2, 0) is 14.3 Å². The first-order valence-corrected chi connectivity index (χ1v) is 7.85. The number of ether oxygens (including phenoxy) is 1. The summed E-state index contributed by atoms with van der Waals surface area (Å²) in [6.07, 6.45) is 2.09. The summed E-state index contributed by atoms with van der Waals surface area (Å²) in [6.45, 7) is 4.42. The monoisotopic (exact) mass is 289 g/mol. The summed E-state index contributed by atoms with van der Waals surface area (Å²) in [7, 11) is 0. The van der Waals surface area contributed by atoms with E-state index in [1.165, 1.54) is 0 Å². The average Bonchev–Trinajstić information content (AvgIpc) is 2.35. The summed E-state index contributed by atoms with van der Waals surface area (Å²) in [5.41, 5.74) is -1.05. The molecule has 1 aliphatic rings. The molecule has 1 heterocycles. The summed E-state index contributed by atoms with van der Waals surface area (Å²) >= 11 is 1.73. The molecule has 2 N–H and O–H groups in total. The summed E-state index contributed by atoms with van der Waals surface area (Å²) in [6, 6.07) is 0. The van der Waals surface area contributed by atoms with Crippen LogP contribution in [0.15, 0.2) is 0 Å². The fourth-order valence-electron chi connectivity index (χ4n) is 1.99. The van der Waals surface area contributed by atoms with Crippen LogP contribution in [0.4, 0.5) is 0 Å². The molecule has 1 aliphatic heterocycles. The first-order valence-electron chi connectivity index (χ1n) is 6.70. The molecule has 1 amide bonds. The van der Waals surface area contributed by atoms with Gasteiger partial charge in [0.05, 0.1) is 6.10 Å². The smallest absolute Gasteiger partial charge is 0.329 e. The predicted octanol–water partition coefficient (Wildman–Crippen LogP) is 1.66. The van der Waals surface area contributed by atoms with Crippen LogP contribution in [0.1, 0.15) is 39.5 Å². The maximum atomic E-state index is 11.8. The molecule has 0 aromatic heterocycles. The molecule has 0 aromatic rings. The Labute approximate surface area is 118 Å². The maximum Gasteiger partial charge on any atom is 0.329 e. The van der Waals surface area contributed by atoms with Crippen molar-refractivity contribution < 1.29 is 19.4 Å². The second kappa shape index (κ2) is 7.75. The molecule has 5 nitrogen and oxygen atoms in total. The number of aliphatic carboxylic acids is 1. The molecule has 0 saturated carbocycles. The average molecular weight is 289 g/mol. The number of carbonyl (C=O) groups is 2. The van der Waals surface area contributed by atoms with Crippen LogP contribution in [0.3, 0.4) is 0 Å². The van der Waals surface area contributed by atoms with Crippen molar-refractivity contribution in [3.05, 3.63) is 0 Å². The first-order chi connectivity index (χ1) is 8.96. The number of carboxylic acids is 1. The molecule has 0 bridgehead atoms. The molecule has 0 aliphatic carbocycles. The van der Waals surface area contributed by atoms with E-state index in [2.05, 4.69) is 5.32 Å². The van der Waals surface area contributed by atoms with Gasteiger partial charge in [0.15, 0.2) is 0 Å². The molecule has 110 valence electrons. The van der Waals surface area contributed by atoms with Crippen molar-refractivity contribution in [2.75, 3.05) is 18.1 Å². The van der Waals surface area contributed by atoms with Gasteiger partial charge in [-0.25, -0.2) is 4.79 Å². The van der Waals surface area contributed by atoms with E-state index in [1.54, 1.807) is 11.8 Å². The highest BCUT2D eigenvalue weighted by Crippen LogP contribution is 2.27. The molecule has 0 unspecified atom stereocenters. The number of hydrogen-bond acceptors (Lipinski definition) is 4. The van der Waals surface area contributed by atoms with E-state index in [0.717, 1.165) is 11.5 Å². The minimum Gasteiger partial charge on any atom is -0.480 e. The maximum absolute atomic E-state index is 11.8. The molecular weight excluding hydrogens is 266 g/mol. The van der Waals surface area contributed by atoms with E-state index < -0.39 is 11.5 Å². The topological polar surface area (TPSA) is 75.6 Å². The highest BCUT2D eigenvalue weighted by molar-refractivity contribution is 7.99. The van der Waals surface area contributed by atoms with Gasteiger partial charge in [0, 0.05) is 13.0 Å². The predicted molar refractivity (Wildman–Crippen MR) is 75.4 cm³/mol. The highest BCUT2D eigenvalue weighted by Gasteiger charge is 2.40. The third kappa shape index (κ3) is 5.40. The lowest BCUT2D eigenvalue weighted by atomic mass is 9.92. The molecular formula is C13H23NO4S. The van der Waals surface area contributed by atoms with E-state index in [1.807, 2.05) is 13.8 Å². The van der Waals surface area contributed by atoms with E-state index in [4.69, 9.17) is 4.74 Å². The van der Waals surface area contributed by atoms with Gasteiger partial charge in [-0.2, -0.15) is 11.8 Å². The molecule has 1 saturated heterocycles. The Morgan fingerprint density at radius 3 is 2.53 bits per heavy atom. The van der Waals surface area contributed by atoms with Crippen LogP contribution in [0.2, 0.25) is 0 Å². The van der Waals surface area contributed by atoms with Crippen molar-refractivity contribution in [3.8, 4) is 0 Å². The second-order valence-corrected chi connectivity index (χ2v) is 6.30. The minimum atomic E-state index is -1.05. The Hall–Kier alpha value is -0.750. The van der Waals surface area contributed by atoms with Crippen molar-refractivity contribution in [3.63, 3.8) is 0 Å². The van der Waals surface area contributed by atoms with Crippen LogP contribution in [0, 0.1) is 0 Å². The number of carboxylic acid groups (broad SMARTS) is 1. The molecule has 19 heavy (non-hydrogen) atoms. The molecule has 6 heteroatoms. The number of carbonyl (C=O) groups excluding carboxylic acids is 1. The van der Waals surface area contributed by atoms with Gasteiger partial charge in [-0.15, -0.1) is 0 Å². The van der Waals surface area contributed by atoms with Crippen molar-refractivity contribution >= 4 is 23.6 Å². The van der Waals surface area contributed by atoms with Crippen molar-refractivity contribution in [2.45, 2.75) is 51.2 Å². The van der Waals surface area contributed by atoms with Crippen LogP contribution >= 0.6 is 11.8 Å². The molecule has 0 spiro atoms. The van der Waals surface area contributed by atoms with E-state index in [0.29, 0.717) is 32.3 Å². The van der Waals surface area contributed by atoms with Crippen LogP contribution < -0.4 is 5.32 Å². The van der Waals surface area contributed by atoms with E-state index >= 15 is 0 Å². The largest absolute Gasteiger partial charge is 0.480 e. The van der Waals surface area contributed by atoms with Gasteiger partial charge in [0.25, 0.3) is 0 Å². The van der Waals surface area contributed by atoms with Crippen LogP contribution in [-0.4, -0.2) is 46.7 Å². The summed E-state index contributed by atoms with van der Waals surface area (Å²) in [5, 5.41) is 12.0. The Bertz CT molecular complexity index is 314. The van der Waals surface area contributed by atoms with Gasteiger partial charge in [0.1, 0.15) is 5.54 Å².